The molecule has 152 valence electrons. The van der Waals surface area contributed by atoms with Crippen molar-refractivity contribution in [2.75, 3.05) is 0 Å². The number of hydrogen-bond donors (Lipinski definition) is 1. The maximum atomic E-state index is 12.7. The van der Waals surface area contributed by atoms with E-state index in [1.165, 1.54) is 24.5 Å². The molecule has 0 radical (unpaired) electrons. The fourth-order valence-corrected chi connectivity index (χ4v) is 4.22. The van der Waals surface area contributed by atoms with Crippen LogP contribution in [-0.4, -0.2) is 34.3 Å². The molecule has 0 spiro atoms. The molecule has 0 atom stereocenters. The van der Waals surface area contributed by atoms with Crippen LogP contribution < -0.4 is 0 Å². The Labute approximate surface area is 160 Å². The molecule has 1 N–H and O–H groups in total. The van der Waals surface area contributed by atoms with Crippen LogP contribution in [0.2, 0.25) is 0 Å². The maximum absolute atomic E-state index is 12.7. The summed E-state index contributed by atoms with van der Waals surface area (Å²) in [7, 11) is -3.75. The van der Waals surface area contributed by atoms with Crippen molar-refractivity contribution in [1.29, 1.82) is 0 Å². The Balaban J connectivity index is 2.05. The summed E-state index contributed by atoms with van der Waals surface area (Å²) in [6, 6.07) is 4.49. The molecule has 2 aromatic heterocycles. The molecule has 0 saturated carbocycles. The number of aromatic nitrogens is 4. The molecule has 0 unspecified atom stereocenters. The molecule has 0 aliphatic heterocycles. The van der Waals surface area contributed by atoms with Gasteiger partial charge >= 0.3 is 6.18 Å². The second-order valence-electron chi connectivity index (χ2n) is 7.64. The molecule has 6 nitrogen and oxygen atoms in total. The number of aromatic amines is 1. The highest BCUT2D eigenvalue weighted by Crippen LogP contribution is 2.30. The van der Waals surface area contributed by atoms with Gasteiger partial charge in [-0.3, -0.25) is 5.10 Å². The number of imidazole rings is 1. The lowest BCUT2D eigenvalue weighted by Crippen LogP contribution is -2.20. The minimum atomic E-state index is -4.22. The first-order valence-corrected chi connectivity index (χ1v) is 10.2. The molecule has 0 aliphatic rings. The van der Waals surface area contributed by atoms with E-state index >= 15 is 0 Å². The van der Waals surface area contributed by atoms with Gasteiger partial charge in [0.15, 0.2) is 0 Å². The number of benzene rings is 1. The minimum Gasteiger partial charge on any atom is -0.328 e. The summed E-state index contributed by atoms with van der Waals surface area (Å²) in [6.07, 6.45) is -2.67. The van der Waals surface area contributed by atoms with Gasteiger partial charge in [0, 0.05) is 24.6 Å². The Bertz CT molecular complexity index is 1080. The van der Waals surface area contributed by atoms with Crippen LogP contribution in [0.3, 0.4) is 0 Å². The molecule has 3 rings (SSSR count). The second kappa shape index (κ2) is 6.91. The average Bonchev–Trinajstić information content (AvgIpc) is 3.21. The van der Waals surface area contributed by atoms with Crippen LogP contribution in [0.25, 0.3) is 11.0 Å². The summed E-state index contributed by atoms with van der Waals surface area (Å²) in [5.74, 6) is 0.613. The standard InChI is InChI=1S/C18H21F3N4O2S/c1-17(2,3)16-24-14-9-12(28(26,27)13-10-22-23-11-13)5-6-15(14)25(16)8-4-7-18(19,20)21/h5-6,9-11H,4,7-8H2,1-3H3,(H,22,23). The topological polar surface area (TPSA) is 80.6 Å². The molecular weight excluding hydrogens is 393 g/mol. The fraction of sp³-hybridized carbons (Fsp3) is 0.444. The number of hydrogen-bond acceptors (Lipinski definition) is 4. The minimum absolute atomic E-state index is 0.0347. The van der Waals surface area contributed by atoms with Gasteiger partial charge in [0.05, 0.1) is 22.1 Å². The van der Waals surface area contributed by atoms with Crippen molar-refractivity contribution in [1.82, 2.24) is 19.7 Å². The molecule has 0 fully saturated rings. The van der Waals surface area contributed by atoms with Crippen LogP contribution in [0.1, 0.15) is 39.4 Å². The number of aryl methyl sites for hydroxylation is 1. The average molecular weight is 414 g/mol. The van der Waals surface area contributed by atoms with E-state index in [4.69, 9.17) is 0 Å². The van der Waals surface area contributed by atoms with Crippen LogP contribution in [0.4, 0.5) is 13.2 Å². The van der Waals surface area contributed by atoms with Gasteiger partial charge in [0.1, 0.15) is 10.7 Å². The highest BCUT2D eigenvalue weighted by molar-refractivity contribution is 7.91. The number of halogens is 3. The molecule has 28 heavy (non-hydrogen) atoms. The van der Waals surface area contributed by atoms with E-state index in [1.807, 2.05) is 20.8 Å². The first kappa shape index (κ1) is 20.4. The van der Waals surface area contributed by atoms with Crippen LogP contribution >= 0.6 is 0 Å². The fourth-order valence-electron chi connectivity index (χ4n) is 3.04. The molecule has 0 saturated heterocycles. The first-order chi connectivity index (χ1) is 12.9. The first-order valence-electron chi connectivity index (χ1n) is 8.71. The van der Waals surface area contributed by atoms with E-state index in [9.17, 15) is 21.6 Å². The number of rotatable bonds is 5. The molecule has 3 aromatic rings. The lowest BCUT2D eigenvalue weighted by atomic mass is 9.95. The van der Waals surface area contributed by atoms with Crippen LogP contribution in [0.5, 0.6) is 0 Å². The number of sulfone groups is 1. The molecule has 2 heterocycles. The van der Waals surface area contributed by atoms with Crippen molar-refractivity contribution >= 4 is 20.9 Å². The molecule has 1 aromatic carbocycles. The van der Waals surface area contributed by atoms with E-state index in [1.54, 1.807) is 10.6 Å². The summed E-state index contributed by atoms with van der Waals surface area (Å²) in [6.45, 7) is 5.89. The summed E-state index contributed by atoms with van der Waals surface area (Å²) < 4.78 is 64.8. The van der Waals surface area contributed by atoms with Gasteiger partial charge in [-0.05, 0) is 24.6 Å². The summed E-state index contributed by atoms with van der Waals surface area (Å²) >= 11 is 0. The molecule has 0 amide bonds. The van der Waals surface area contributed by atoms with E-state index in [0.717, 1.165) is 0 Å². The summed E-state index contributed by atoms with van der Waals surface area (Å²) in [4.78, 5) is 4.64. The van der Waals surface area contributed by atoms with Crippen LogP contribution in [-0.2, 0) is 21.8 Å². The Kier molecular flexibility index (Phi) is 5.03. The van der Waals surface area contributed by atoms with Gasteiger partial charge in [-0.15, -0.1) is 0 Å². The second-order valence-corrected chi connectivity index (χ2v) is 9.59. The van der Waals surface area contributed by atoms with Crippen molar-refractivity contribution in [3.05, 3.63) is 36.4 Å². The maximum Gasteiger partial charge on any atom is 0.389 e. The predicted octanol–water partition coefficient (Wildman–Crippen LogP) is 4.23. The zero-order chi connectivity index (χ0) is 20.7. The van der Waals surface area contributed by atoms with E-state index in [0.29, 0.717) is 16.9 Å². The van der Waals surface area contributed by atoms with Gasteiger partial charge in [-0.2, -0.15) is 18.3 Å². The number of H-pyrrole nitrogens is 1. The zero-order valence-corrected chi connectivity index (χ0v) is 16.5. The van der Waals surface area contributed by atoms with E-state index in [-0.39, 0.29) is 22.8 Å². The van der Waals surface area contributed by atoms with Crippen molar-refractivity contribution in [3.8, 4) is 0 Å². The monoisotopic (exact) mass is 414 g/mol. The Morgan fingerprint density at radius 3 is 2.43 bits per heavy atom. The number of nitrogens with zero attached hydrogens (tertiary/aromatic N) is 3. The lowest BCUT2D eigenvalue weighted by molar-refractivity contribution is -0.135. The normalized spacial score (nSPS) is 13.4. The quantitative estimate of drug-likeness (QED) is 0.677. The largest absolute Gasteiger partial charge is 0.389 e. The predicted molar refractivity (Wildman–Crippen MR) is 97.8 cm³/mol. The molecule has 0 bridgehead atoms. The van der Waals surface area contributed by atoms with Crippen molar-refractivity contribution in [2.24, 2.45) is 0 Å². The van der Waals surface area contributed by atoms with Crippen molar-refractivity contribution < 1.29 is 21.6 Å². The van der Waals surface area contributed by atoms with Crippen LogP contribution in [0.15, 0.2) is 40.4 Å². The summed E-state index contributed by atoms with van der Waals surface area (Å²) in [5.41, 5.74) is 0.626. The van der Waals surface area contributed by atoms with Crippen molar-refractivity contribution in [2.45, 2.75) is 61.5 Å². The van der Waals surface area contributed by atoms with Gasteiger partial charge in [0.2, 0.25) is 9.84 Å². The summed E-state index contributed by atoms with van der Waals surface area (Å²) in [5, 5.41) is 6.13. The SMILES string of the molecule is CC(C)(C)c1nc2cc(S(=O)(=O)c3cn[nH]c3)ccc2n1CCCC(F)(F)F. The van der Waals surface area contributed by atoms with E-state index < -0.39 is 27.8 Å². The van der Waals surface area contributed by atoms with E-state index in [2.05, 4.69) is 15.2 Å². The highest BCUT2D eigenvalue weighted by atomic mass is 32.2. The van der Waals surface area contributed by atoms with Crippen LogP contribution in [0, 0.1) is 0 Å². The Hall–Kier alpha value is -2.36. The lowest BCUT2D eigenvalue weighted by Gasteiger charge is -2.20. The Morgan fingerprint density at radius 1 is 1.14 bits per heavy atom. The smallest absolute Gasteiger partial charge is 0.328 e. The van der Waals surface area contributed by atoms with Crippen molar-refractivity contribution in [3.63, 3.8) is 0 Å². The Morgan fingerprint density at radius 2 is 1.86 bits per heavy atom. The number of nitrogens with one attached hydrogen (secondary N) is 1. The van der Waals surface area contributed by atoms with Gasteiger partial charge in [-0.1, -0.05) is 20.8 Å². The van der Waals surface area contributed by atoms with Gasteiger partial charge in [-0.25, -0.2) is 13.4 Å². The molecule has 0 aliphatic carbocycles. The third-order valence-electron chi connectivity index (χ3n) is 4.33. The third-order valence-corrected chi connectivity index (χ3v) is 6.04. The highest BCUT2D eigenvalue weighted by Gasteiger charge is 2.28. The third kappa shape index (κ3) is 4.06. The number of alkyl halides is 3. The molecular formula is C18H21F3N4O2S. The number of fused-ring (bicyclic) bond motifs is 1. The molecule has 10 heteroatoms. The zero-order valence-electron chi connectivity index (χ0n) is 15.7. The van der Waals surface area contributed by atoms with Gasteiger partial charge in [0.25, 0.3) is 0 Å². The van der Waals surface area contributed by atoms with Gasteiger partial charge < -0.3 is 4.57 Å².